The summed E-state index contributed by atoms with van der Waals surface area (Å²) in [4.78, 5) is 11.3. The molecule has 0 aromatic heterocycles. The first-order valence-electron chi connectivity index (χ1n) is 4.16. The Balaban J connectivity index is 2.20. The molecule has 0 aromatic carbocycles. The number of hydrogen-bond donors (Lipinski definition) is 0. The number of rotatable bonds is 0. The van der Waals surface area contributed by atoms with E-state index in [0.717, 1.165) is 25.7 Å². The van der Waals surface area contributed by atoms with E-state index >= 15 is 0 Å². The lowest BCUT2D eigenvalue weighted by atomic mass is 9.76. The molecule has 2 nitrogen and oxygen atoms in total. The maximum absolute atomic E-state index is 11.3. The molecule has 1 saturated heterocycles. The van der Waals surface area contributed by atoms with Gasteiger partial charge in [-0.1, -0.05) is 12.2 Å². The fourth-order valence-electron chi connectivity index (χ4n) is 1.90. The molecule has 11 heavy (non-hydrogen) atoms. The highest BCUT2D eigenvalue weighted by atomic mass is 16.5. The molecule has 60 valence electrons. The van der Waals surface area contributed by atoms with Gasteiger partial charge < -0.3 is 4.74 Å². The molecule has 0 saturated carbocycles. The fraction of sp³-hybridized carbons (Fsp3) is 0.667. The van der Waals surface area contributed by atoms with Crippen LogP contribution < -0.4 is 0 Å². The zero-order valence-electron chi connectivity index (χ0n) is 6.51. The van der Waals surface area contributed by atoms with Gasteiger partial charge in [-0.15, -0.1) is 0 Å². The Labute approximate surface area is 66.2 Å². The van der Waals surface area contributed by atoms with Crippen LogP contribution >= 0.6 is 0 Å². The summed E-state index contributed by atoms with van der Waals surface area (Å²) in [6.45, 7) is 0.632. The van der Waals surface area contributed by atoms with Crippen LogP contribution in [0.25, 0.3) is 0 Å². The van der Waals surface area contributed by atoms with Crippen molar-refractivity contribution in [2.75, 3.05) is 6.61 Å². The van der Waals surface area contributed by atoms with Crippen LogP contribution in [0.3, 0.4) is 0 Å². The van der Waals surface area contributed by atoms with E-state index in [0.29, 0.717) is 6.61 Å². The summed E-state index contributed by atoms with van der Waals surface area (Å²) < 4.78 is 4.97. The average Bonchev–Trinajstić information content (AvgIpc) is 2.36. The molecule has 2 aliphatic rings. The number of carbonyl (C=O) groups is 1. The second kappa shape index (κ2) is 2.36. The zero-order valence-corrected chi connectivity index (χ0v) is 6.51. The Morgan fingerprint density at radius 3 is 2.82 bits per heavy atom. The fourth-order valence-corrected chi connectivity index (χ4v) is 1.90. The molecular formula is C9H12O2. The first-order chi connectivity index (χ1) is 5.33. The summed E-state index contributed by atoms with van der Waals surface area (Å²) in [6.07, 6.45) is 8.10. The number of carbonyl (C=O) groups excluding carboxylic acids is 1. The molecule has 0 amide bonds. The van der Waals surface area contributed by atoms with Crippen LogP contribution in [0.4, 0.5) is 0 Å². The van der Waals surface area contributed by atoms with Crippen LogP contribution in [0.1, 0.15) is 25.7 Å². The lowest BCUT2D eigenvalue weighted by Crippen LogP contribution is -2.27. The van der Waals surface area contributed by atoms with Gasteiger partial charge in [-0.05, 0) is 25.7 Å². The van der Waals surface area contributed by atoms with Crippen LogP contribution in [-0.4, -0.2) is 12.6 Å². The average molecular weight is 152 g/mol. The minimum absolute atomic E-state index is 0.0295. The number of hydrogen-bond acceptors (Lipinski definition) is 2. The Hall–Kier alpha value is -0.790. The number of cyclic esters (lactones) is 1. The van der Waals surface area contributed by atoms with Crippen molar-refractivity contribution in [1.82, 2.24) is 0 Å². The smallest absolute Gasteiger partial charge is 0.312 e. The van der Waals surface area contributed by atoms with Crippen LogP contribution in [0.2, 0.25) is 0 Å². The molecule has 1 fully saturated rings. The van der Waals surface area contributed by atoms with E-state index in [1.807, 2.05) is 0 Å². The minimum Gasteiger partial charge on any atom is -0.465 e. The topological polar surface area (TPSA) is 26.3 Å². The standard InChI is InChI=1S/C9H12O2/c10-8-9(6-7-11-8)4-2-1-3-5-9/h1-2H,3-7H2. The van der Waals surface area contributed by atoms with Crippen molar-refractivity contribution in [3.05, 3.63) is 12.2 Å². The molecule has 2 rings (SSSR count). The Kier molecular flexibility index (Phi) is 1.48. The van der Waals surface area contributed by atoms with E-state index in [1.54, 1.807) is 0 Å². The van der Waals surface area contributed by atoms with Crippen molar-refractivity contribution in [3.8, 4) is 0 Å². The van der Waals surface area contributed by atoms with Gasteiger partial charge in [0.15, 0.2) is 0 Å². The zero-order chi connectivity index (χ0) is 7.73. The molecule has 0 aromatic rings. The molecule has 1 aliphatic carbocycles. The van der Waals surface area contributed by atoms with Gasteiger partial charge in [0, 0.05) is 0 Å². The second-order valence-electron chi connectivity index (χ2n) is 3.38. The molecule has 1 aliphatic heterocycles. The minimum atomic E-state index is -0.116. The van der Waals surface area contributed by atoms with E-state index < -0.39 is 0 Å². The Bertz CT molecular complexity index is 208. The summed E-state index contributed by atoms with van der Waals surface area (Å²) in [5.74, 6) is 0.0295. The van der Waals surface area contributed by atoms with E-state index in [4.69, 9.17) is 4.74 Å². The Morgan fingerprint density at radius 2 is 2.27 bits per heavy atom. The second-order valence-corrected chi connectivity index (χ2v) is 3.38. The van der Waals surface area contributed by atoms with Gasteiger partial charge >= 0.3 is 5.97 Å². The summed E-state index contributed by atoms with van der Waals surface area (Å²) >= 11 is 0. The molecule has 2 heteroatoms. The van der Waals surface area contributed by atoms with E-state index in [1.165, 1.54) is 0 Å². The van der Waals surface area contributed by atoms with E-state index in [9.17, 15) is 4.79 Å². The molecule has 1 heterocycles. The van der Waals surface area contributed by atoms with Gasteiger partial charge in [0.25, 0.3) is 0 Å². The lowest BCUT2D eigenvalue weighted by molar-refractivity contribution is -0.146. The monoisotopic (exact) mass is 152 g/mol. The third-order valence-electron chi connectivity index (χ3n) is 2.71. The van der Waals surface area contributed by atoms with Crippen molar-refractivity contribution in [1.29, 1.82) is 0 Å². The van der Waals surface area contributed by atoms with Crippen molar-refractivity contribution in [2.24, 2.45) is 5.41 Å². The molecular weight excluding hydrogens is 140 g/mol. The van der Waals surface area contributed by atoms with Crippen LogP contribution in [0.5, 0.6) is 0 Å². The first kappa shape index (κ1) is 6.89. The van der Waals surface area contributed by atoms with Crippen molar-refractivity contribution < 1.29 is 9.53 Å². The van der Waals surface area contributed by atoms with Gasteiger partial charge in [0.2, 0.25) is 0 Å². The third-order valence-corrected chi connectivity index (χ3v) is 2.71. The van der Waals surface area contributed by atoms with Crippen molar-refractivity contribution in [3.63, 3.8) is 0 Å². The van der Waals surface area contributed by atoms with Crippen LogP contribution in [0, 0.1) is 5.41 Å². The first-order valence-corrected chi connectivity index (χ1v) is 4.16. The predicted molar refractivity (Wildman–Crippen MR) is 41.0 cm³/mol. The summed E-state index contributed by atoms with van der Waals surface area (Å²) in [5.41, 5.74) is -0.116. The highest BCUT2D eigenvalue weighted by molar-refractivity contribution is 5.79. The molecule has 0 bridgehead atoms. The van der Waals surface area contributed by atoms with Crippen LogP contribution in [-0.2, 0) is 9.53 Å². The van der Waals surface area contributed by atoms with Gasteiger partial charge in [-0.2, -0.15) is 0 Å². The highest BCUT2D eigenvalue weighted by Crippen LogP contribution is 2.40. The molecule has 1 spiro atoms. The van der Waals surface area contributed by atoms with Crippen molar-refractivity contribution in [2.45, 2.75) is 25.7 Å². The molecule has 0 radical (unpaired) electrons. The maximum atomic E-state index is 11.3. The highest BCUT2D eigenvalue weighted by Gasteiger charge is 2.43. The molecule has 1 unspecified atom stereocenters. The number of ether oxygens (including phenoxy) is 1. The normalized spacial score (nSPS) is 36.2. The number of allylic oxidation sites excluding steroid dienone is 2. The van der Waals surface area contributed by atoms with Crippen LogP contribution in [0.15, 0.2) is 12.2 Å². The van der Waals surface area contributed by atoms with Gasteiger partial charge in [-0.3, -0.25) is 4.79 Å². The van der Waals surface area contributed by atoms with E-state index in [-0.39, 0.29) is 11.4 Å². The van der Waals surface area contributed by atoms with Crippen molar-refractivity contribution >= 4 is 5.97 Å². The molecule has 0 N–H and O–H groups in total. The SMILES string of the molecule is O=C1OCCC12CC=CCC2. The summed E-state index contributed by atoms with van der Waals surface area (Å²) in [5, 5.41) is 0. The van der Waals surface area contributed by atoms with Gasteiger partial charge in [-0.25, -0.2) is 0 Å². The maximum Gasteiger partial charge on any atom is 0.312 e. The summed E-state index contributed by atoms with van der Waals surface area (Å²) in [6, 6.07) is 0. The van der Waals surface area contributed by atoms with Gasteiger partial charge in [0.1, 0.15) is 0 Å². The third kappa shape index (κ3) is 0.971. The summed E-state index contributed by atoms with van der Waals surface area (Å²) in [7, 11) is 0. The molecule has 1 atom stereocenters. The largest absolute Gasteiger partial charge is 0.465 e. The van der Waals surface area contributed by atoms with Gasteiger partial charge in [0.05, 0.1) is 12.0 Å². The Morgan fingerprint density at radius 1 is 1.36 bits per heavy atom. The predicted octanol–water partition coefficient (Wildman–Crippen LogP) is 1.66. The van der Waals surface area contributed by atoms with E-state index in [2.05, 4.69) is 12.2 Å². The number of esters is 1. The quantitative estimate of drug-likeness (QED) is 0.390. The lowest BCUT2D eigenvalue weighted by Gasteiger charge is -2.24.